The van der Waals surface area contributed by atoms with Gasteiger partial charge in [0.15, 0.2) is 5.78 Å². The molecule has 1 aliphatic carbocycles. The number of aryl methyl sites for hydroxylation is 1. The lowest BCUT2D eigenvalue weighted by atomic mass is 9.90. The summed E-state index contributed by atoms with van der Waals surface area (Å²) in [7, 11) is -1.64. The Morgan fingerprint density at radius 1 is 1.19 bits per heavy atom. The fraction of sp³-hybridized carbons (Fsp3) is 0.462. The van der Waals surface area contributed by atoms with E-state index in [1.807, 2.05) is 18.2 Å². The van der Waals surface area contributed by atoms with Crippen LogP contribution in [0.5, 0.6) is 5.75 Å². The number of hydrogen-bond donors (Lipinski definition) is 0. The topological polar surface area (TPSA) is 26.3 Å². The minimum absolute atomic E-state index is 0.245. The maximum absolute atomic E-state index is 11.9. The first-order valence-corrected chi connectivity index (χ1v) is 9.22. The predicted molar refractivity (Wildman–Crippen MR) is 67.7 cm³/mol. The average Bonchev–Trinajstić information content (AvgIpc) is 2.15. The molecule has 0 atom stereocenters. The van der Waals surface area contributed by atoms with Gasteiger partial charge in [0, 0.05) is 6.42 Å². The first kappa shape index (κ1) is 11.4. The van der Waals surface area contributed by atoms with E-state index in [4.69, 9.17) is 4.43 Å². The number of fused-ring (bicyclic) bond motifs is 1. The summed E-state index contributed by atoms with van der Waals surface area (Å²) in [5.41, 5.74) is 2.00. The summed E-state index contributed by atoms with van der Waals surface area (Å²) in [6, 6.07) is 5.97. The van der Waals surface area contributed by atoms with Crippen molar-refractivity contribution in [2.45, 2.75) is 38.9 Å². The van der Waals surface area contributed by atoms with Gasteiger partial charge in [0.1, 0.15) is 5.75 Å². The van der Waals surface area contributed by atoms with Gasteiger partial charge in [-0.25, -0.2) is 0 Å². The van der Waals surface area contributed by atoms with Gasteiger partial charge in [0.05, 0.1) is 5.56 Å². The number of rotatable bonds is 2. The van der Waals surface area contributed by atoms with Crippen LogP contribution in [0, 0.1) is 0 Å². The number of benzene rings is 1. The van der Waals surface area contributed by atoms with Gasteiger partial charge in [-0.1, -0.05) is 12.1 Å². The summed E-state index contributed by atoms with van der Waals surface area (Å²) in [6.45, 7) is 6.42. The Morgan fingerprint density at radius 3 is 2.62 bits per heavy atom. The van der Waals surface area contributed by atoms with Crippen LogP contribution in [0.3, 0.4) is 0 Å². The van der Waals surface area contributed by atoms with Crippen LogP contribution in [0.25, 0.3) is 0 Å². The molecule has 1 aromatic rings. The van der Waals surface area contributed by atoms with Crippen molar-refractivity contribution in [3.8, 4) is 5.75 Å². The van der Waals surface area contributed by atoms with Crippen LogP contribution in [-0.2, 0) is 6.42 Å². The van der Waals surface area contributed by atoms with Crippen molar-refractivity contribution in [3.63, 3.8) is 0 Å². The van der Waals surface area contributed by atoms with Gasteiger partial charge in [-0.05, 0) is 44.1 Å². The quantitative estimate of drug-likeness (QED) is 0.733. The molecule has 1 aliphatic rings. The lowest BCUT2D eigenvalue weighted by Gasteiger charge is -2.24. The number of Topliss-reactive ketones (excluding diaryl/α,β-unsaturated/α-hetero) is 1. The van der Waals surface area contributed by atoms with Crippen molar-refractivity contribution in [1.82, 2.24) is 0 Å². The third kappa shape index (κ3) is 2.35. The third-order valence-electron chi connectivity index (χ3n) is 2.66. The molecule has 0 unspecified atom stereocenters. The monoisotopic (exact) mass is 234 g/mol. The lowest BCUT2D eigenvalue weighted by molar-refractivity contribution is 0.0970. The second kappa shape index (κ2) is 4.05. The minimum atomic E-state index is -1.64. The average molecular weight is 234 g/mol. The molecular formula is C13H18O2Si. The van der Waals surface area contributed by atoms with Crippen LogP contribution >= 0.6 is 0 Å². The van der Waals surface area contributed by atoms with E-state index in [0.717, 1.165) is 29.7 Å². The smallest absolute Gasteiger partial charge is 0.242 e. The molecule has 0 radical (unpaired) electrons. The molecule has 0 fully saturated rings. The Bertz CT molecular complexity index is 418. The fourth-order valence-electron chi connectivity index (χ4n) is 2.08. The van der Waals surface area contributed by atoms with Crippen molar-refractivity contribution in [3.05, 3.63) is 29.3 Å². The van der Waals surface area contributed by atoms with Crippen molar-refractivity contribution >= 4 is 14.1 Å². The van der Waals surface area contributed by atoms with Gasteiger partial charge >= 0.3 is 0 Å². The SMILES string of the molecule is C[Si](C)(C)Oc1cccc2c1C(=O)CCC2. The number of ketones is 1. The molecule has 0 aromatic heterocycles. The Hall–Kier alpha value is -1.09. The molecule has 16 heavy (non-hydrogen) atoms. The van der Waals surface area contributed by atoms with Crippen LogP contribution in [-0.4, -0.2) is 14.1 Å². The molecule has 3 heteroatoms. The molecular weight excluding hydrogens is 216 g/mol. The van der Waals surface area contributed by atoms with E-state index in [9.17, 15) is 4.79 Å². The summed E-state index contributed by atoms with van der Waals surface area (Å²) >= 11 is 0. The van der Waals surface area contributed by atoms with Gasteiger partial charge in [-0.2, -0.15) is 0 Å². The van der Waals surface area contributed by atoms with Gasteiger partial charge in [-0.3, -0.25) is 4.79 Å². The molecule has 0 bridgehead atoms. The van der Waals surface area contributed by atoms with E-state index in [1.165, 1.54) is 0 Å². The van der Waals surface area contributed by atoms with Crippen molar-refractivity contribution in [2.24, 2.45) is 0 Å². The molecule has 0 amide bonds. The molecule has 0 saturated carbocycles. The fourth-order valence-corrected chi connectivity index (χ4v) is 2.91. The van der Waals surface area contributed by atoms with Crippen LogP contribution in [0.4, 0.5) is 0 Å². The zero-order valence-corrected chi connectivity index (χ0v) is 11.2. The molecule has 0 saturated heterocycles. The Labute approximate surface area is 97.8 Å². The maximum atomic E-state index is 11.9. The van der Waals surface area contributed by atoms with E-state index in [1.54, 1.807) is 0 Å². The van der Waals surface area contributed by atoms with Gasteiger partial charge < -0.3 is 4.43 Å². The summed E-state index contributed by atoms with van der Waals surface area (Å²) in [6.07, 6.45) is 2.64. The first-order chi connectivity index (χ1) is 7.47. The minimum Gasteiger partial charge on any atom is -0.544 e. The maximum Gasteiger partial charge on any atom is 0.242 e. The molecule has 2 nitrogen and oxygen atoms in total. The van der Waals surface area contributed by atoms with E-state index in [-0.39, 0.29) is 5.78 Å². The highest BCUT2D eigenvalue weighted by atomic mass is 28.4. The standard InChI is InChI=1S/C13H18O2Si/c1-16(2,3)15-12-9-5-7-10-6-4-8-11(14)13(10)12/h5,7,9H,4,6,8H2,1-3H3. The van der Waals surface area contributed by atoms with E-state index < -0.39 is 8.32 Å². The summed E-state index contributed by atoms with van der Waals surface area (Å²) in [4.78, 5) is 11.9. The van der Waals surface area contributed by atoms with E-state index in [2.05, 4.69) is 19.6 Å². The molecule has 0 heterocycles. The Kier molecular flexibility index (Phi) is 2.89. The highest BCUT2D eigenvalue weighted by Crippen LogP contribution is 2.30. The van der Waals surface area contributed by atoms with Crippen molar-refractivity contribution in [1.29, 1.82) is 0 Å². The molecule has 0 N–H and O–H groups in total. The van der Waals surface area contributed by atoms with Crippen LogP contribution in [0.15, 0.2) is 18.2 Å². The van der Waals surface area contributed by atoms with E-state index in [0.29, 0.717) is 6.42 Å². The predicted octanol–water partition coefficient (Wildman–Crippen LogP) is 3.42. The van der Waals surface area contributed by atoms with Gasteiger partial charge in [0.2, 0.25) is 8.32 Å². The summed E-state index contributed by atoms with van der Waals surface area (Å²) < 4.78 is 5.99. The molecule has 0 aliphatic heterocycles. The number of carbonyl (C=O) groups is 1. The normalized spacial score (nSPS) is 15.8. The first-order valence-electron chi connectivity index (χ1n) is 5.81. The highest BCUT2D eigenvalue weighted by molar-refractivity contribution is 6.70. The van der Waals surface area contributed by atoms with Crippen molar-refractivity contribution < 1.29 is 9.22 Å². The number of hydrogen-bond acceptors (Lipinski definition) is 2. The van der Waals surface area contributed by atoms with E-state index >= 15 is 0 Å². The second-order valence-corrected chi connectivity index (χ2v) is 9.71. The van der Waals surface area contributed by atoms with Gasteiger partial charge in [-0.15, -0.1) is 0 Å². The molecule has 2 rings (SSSR count). The van der Waals surface area contributed by atoms with Gasteiger partial charge in [0.25, 0.3) is 0 Å². The van der Waals surface area contributed by atoms with Crippen molar-refractivity contribution in [2.75, 3.05) is 0 Å². The third-order valence-corrected chi connectivity index (χ3v) is 3.49. The molecule has 1 aromatic carbocycles. The molecule has 86 valence electrons. The Balaban J connectivity index is 2.43. The Morgan fingerprint density at radius 2 is 1.94 bits per heavy atom. The zero-order valence-electron chi connectivity index (χ0n) is 10.2. The highest BCUT2D eigenvalue weighted by Gasteiger charge is 2.24. The molecule has 0 spiro atoms. The summed E-state index contributed by atoms with van der Waals surface area (Å²) in [5.74, 6) is 1.05. The van der Waals surface area contributed by atoms with Crippen LogP contribution in [0.2, 0.25) is 19.6 Å². The summed E-state index contributed by atoms with van der Waals surface area (Å²) in [5, 5.41) is 0. The zero-order chi connectivity index (χ0) is 11.8. The lowest BCUT2D eigenvalue weighted by Crippen LogP contribution is -2.30. The van der Waals surface area contributed by atoms with Crippen LogP contribution < -0.4 is 4.43 Å². The number of carbonyl (C=O) groups excluding carboxylic acids is 1. The second-order valence-electron chi connectivity index (χ2n) is 5.28. The largest absolute Gasteiger partial charge is 0.544 e. The van der Waals surface area contributed by atoms with Crippen LogP contribution in [0.1, 0.15) is 28.8 Å².